The molecular formula is C45H63N5O11. The number of aliphatic hydroxyl groups is 2. The Hall–Kier alpha value is -5.16. The molecule has 0 unspecified atom stereocenters. The molecule has 0 aromatic heterocycles. The van der Waals surface area contributed by atoms with Gasteiger partial charge in [0.15, 0.2) is 0 Å². The van der Waals surface area contributed by atoms with E-state index in [9.17, 15) is 44.1 Å². The summed E-state index contributed by atoms with van der Waals surface area (Å²) in [6, 6.07) is 2.90. The summed E-state index contributed by atoms with van der Waals surface area (Å²) >= 11 is 0. The predicted molar refractivity (Wildman–Crippen MR) is 226 cm³/mol. The Labute approximate surface area is 358 Å². The van der Waals surface area contributed by atoms with Gasteiger partial charge in [-0.05, 0) is 75.1 Å². The van der Waals surface area contributed by atoms with Crippen molar-refractivity contribution in [1.29, 1.82) is 0 Å². The molecule has 16 heteroatoms. The summed E-state index contributed by atoms with van der Waals surface area (Å²) in [7, 11) is 0. The van der Waals surface area contributed by atoms with Gasteiger partial charge in [-0.25, -0.2) is 10.5 Å². The highest BCUT2D eigenvalue weighted by Crippen LogP contribution is 2.24. The van der Waals surface area contributed by atoms with Gasteiger partial charge in [0.25, 0.3) is 11.8 Å². The number of hydrazine groups is 1. The van der Waals surface area contributed by atoms with Crippen LogP contribution in [0.1, 0.15) is 85.1 Å². The van der Waals surface area contributed by atoms with Crippen LogP contribution in [0.15, 0.2) is 72.4 Å². The molecule has 2 fully saturated rings. The summed E-state index contributed by atoms with van der Waals surface area (Å²) in [5.74, 6) is -5.71. The number of hydrogen-bond donors (Lipinski definition) is 6. The monoisotopic (exact) mass is 849 g/mol. The molecule has 16 nitrogen and oxygen atoms in total. The number of amides is 4. The summed E-state index contributed by atoms with van der Waals surface area (Å²) in [5.41, 5.74) is 4.15. The third-order valence-corrected chi connectivity index (χ3v) is 11.1. The van der Waals surface area contributed by atoms with Crippen molar-refractivity contribution >= 4 is 35.4 Å². The average Bonchev–Trinajstić information content (AvgIpc) is 3.23. The molecule has 4 amide bonds. The second-order valence-corrected chi connectivity index (χ2v) is 16.4. The van der Waals surface area contributed by atoms with E-state index in [1.807, 2.05) is 0 Å². The zero-order valence-corrected chi connectivity index (χ0v) is 35.8. The third-order valence-electron chi connectivity index (χ3n) is 11.1. The van der Waals surface area contributed by atoms with E-state index in [4.69, 9.17) is 9.57 Å². The SMILES string of the molecule is CC(=O)CC[C@H]1C(=O)N[C@@H](C(C)C)C(=O)N[C@@H](Cc2cccc(O)c2)C(=O)N2CCC[C@H](N2)C(=O)O[C@H](/C(C)=C/C=C/C(=O)N2CCCCO2)C/C=C/C=C/[C@H](O)[C@H](C)[C@H]1O. The number of ketones is 1. The number of nitrogens with zero attached hydrogens (tertiary/aromatic N) is 2. The maximum Gasteiger partial charge on any atom is 0.325 e. The van der Waals surface area contributed by atoms with Crippen LogP contribution in [0.5, 0.6) is 5.75 Å². The van der Waals surface area contributed by atoms with Crippen molar-refractivity contribution in [2.24, 2.45) is 17.8 Å². The van der Waals surface area contributed by atoms with Crippen LogP contribution >= 0.6 is 0 Å². The lowest BCUT2D eigenvalue weighted by atomic mass is 9.84. The molecule has 4 rings (SSSR count). The van der Waals surface area contributed by atoms with E-state index in [0.717, 1.165) is 12.8 Å². The Morgan fingerprint density at radius 3 is 2.46 bits per heavy atom. The standard InChI is InChI=1S/C45H63N5O11/c1-28(2)40-43(57)46-36(27-32-15-12-16-33(52)26-32)44(58)49-23-13-17-35(48-49)45(59)61-38(29(3)14-11-20-39(54)50-24-9-10-25-60-50)19-8-6-7-18-37(53)31(5)41(55)34(42(56)47-40)22-21-30(4)51/h6-8,11-12,14-16,18,20,26,28,31,34-38,40-41,48,52-53,55H,9-10,13,17,19,21-25,27H2,1-5H3,(H,46,57)(H,47,56)/b8-6+,18-7+,20-11+,29-14+/t31-,34+,35-,36-,37-,38-,40-,41+/m0/s1. The number of ether oxygens (including phenoxy) is 1. The predicted octanol–water partition coefficient (Wildman–Crippen LogP) is 2.88. The summed E-state index contributed by atoms with van der Waals surface area (Å²) in [4.78, 5) is 86.3. The van der Waals surface area contributed by atoms with Crippen molar-refractivity contribution < 1.29 is 53.7 Å². The number of benzene rings is 1. The minimum absolute atomic E-state index is 0.0298. The fourth-order valence-electron chi connectivity index (χ4n) is 7.29. The van der Waals surface area contributed by atoms with Gasteiger partial charge >= 0.3 is 5.97 Å². The summed E-state index contributed by atoms with van der Waals surface area (Å²) in [6.07, 6.45) is 10.1. The zero-order valence-electron chi connectivity index (χ0n) is 35.8. The number of allylic oxidation sites excluding steroid dienone is 4. The molecule has 0 radical (unpaired) electrons. The Bertz CT molecular complexity index is 1820. The van der Waals surface area contributed by atoms with E-state index in [0.29, 0.717) is 37.1 Å². The van der Waals surface area contributed by atoms with Crippen LogP contribution in [0.25, 0.3) is 0 Å². The first kappa shape index (κ1) is 48.5. The number of phenols is 1. The smallest absolute Gasteiger partial charge is 0.325 e. The molecule has 61 heavy (non-hydrogen) atoms. The second kappa shape index (κ2) is 23.7. The van der Waals surface area contributed by atoms with Crippen molar-refractivity contribution in [2.45, 2.75) is 122 Å². The lowest BCUT2D eigenvalue weighted by Gasteiger charge is -2.36. The van der Waals surface area contributed by atoms with Gasteiger partial charge in [0.2, 0.25) is 11.8 Å². The number of aliphatic hydroxyl groups excluding tert-OH is 2. The summed E-state index contributed by atoms with van der Waals surface area (Å²) in [6.45, 7) is 9.27. The lowest BCUT2D eigenvalue weighted by molar-refractivity contribution is -0.191. The van der Waals surface area contributed by atoms with Crippen LogP contribution in [0.4, 0.5) is 0 Å². The average molecular weight is 850 g/mol. The minimum atomic E-state index is -1.42. The number of aromatic hydroxyl groups is 1. The number of cyclic esters (lactones) is 1. The fraction of sp³-hybridized carbons (Fsp3) is 0.556. The molecule has 1 aromatic rings. The topological polar surface area (TPSA) is 224 Å². The Kier molecular flexibility index (Phi) is 18.9. The number of hydroxylamine groups is 2. The van der Waals surface area contributed by atoms with Gasteiger partial charge in [-0.2, -0.15) is 0 Å². The number of fused-ring (bicyclic) bond motifs is 2. The molecule has 0 saturated carbocycles. The van der Waals surface area contributed by atoms with Gasteiger partial charge in [-0.1, -0.05) is 69.4 Å². The van der Waals surface area contributed by atoms with Gasteiger partial charge < -0.3 is 35.5 Å². The van der Waals surface area contributed by atoms with Crippen LogP contribution in [-0.4, -0.2) is 117 Å². The van der Waals surface area contributed by atoms with Gasteiger partial charge in [0, 0.05) is 44.3 Å². The van der Waals surface area contributed by atoms with Crippen LogP contribution in [-0.2, 0) is 44.8 Å². The number of esters is 1. The van der Waals surface area contributed by atoms with Gasteiger partial charge in [-0.15, -0.1) is 0 Å². The number of carbonyl (C=O) groups excluding carboxylic acids is 6. The molecular weight excluding hydrogens is 787 g/mol. The first-order valence-electron chi connectivity index (χ1n) is 21.2. The largest absolute Gasteiger partial charge is 0.508 e. The van der Waals surface area contributed by atoms with Crippen LogP contribution in [0.3, 0.4) is 0 Å². The van der Waals surface area contributed by atoms with Crippen molar-refractivity contribution in [1.82, 2.24) is 26.1 Å². The number of hydrogen-bond acceptors (Lipinski definition) is 12. The molecule has 0 aliphatic carbocycles. The number of carbonyl (C=O) groups is 6. The van der Waals surface area contributed by atoms with Gasteiger partial charge in [0.05, 0.1) is 24.7 Å². The highest BCUT2D eigenvalue weighted by molar-refractivity contribution is 5.93. The molecule has 8 atom stereocenters. The maximum absolute atomic E-state index is 14.3. The van der Waals surface area contributed by atoms with E-state index < -0.39 is 77.9 Å². The first-order valence-corrected chi connectivity index (χ1v) is 21.2. The normalized spacial score (nSPS) is 29.2. The first-order chi connectivity index (χ1) is 29.0. The van der Waals surface area contributed by atoms with E-state index in [-0.39, 0.29) is 49.7 Å². The van der Waals surface area contributed by atoms with Crippen molar-refractivity contribution in [3.8, 4) is 5.75 Å². The zero-order chi connectivity index (χ0) is 44.6. The quantitative estimate of drug-likeness (QED) is 0.120. The number of rotatable bonds is 9. The van der Waals surface area contributed by atoms with Crippen molar-refractivity contribution in [3.05, 3.63) is 77.9 Å². The molecule has 3 aliphatic rings. The highest BCUT2D eigenvalue weighted by atomic mass is 16.7. The highest BCUT2D eigenvalue weighted by Gasteiger charge is 2.38. The number of Topliss-reactive ketones (excluding diaryl/α,β-unsaturated/α-hetero) is 1. The molecule has 3 heterocycles. The lowest BCUT2D eigenvalue weighted by Crippen LogP contribution is -2.62. The molecule has 6 N–H and O–H groups in total. The van der Waals surface area contributed by atoms with E-state index in [2.05, 4.69) is 16.1 Å². The third kappa shape index (κ3) is 14.8. The Balaban J connectivity index is 1.70. The van der Waals surface area contributed by atoms with Gasteiger partial charge in [0.1, 0.15) is 35.8 Å². The number of nitrogens with one attached hydrogen (secondary N) is 3. The van der Waals surface area contributed by atoms with Crippen LogP contribution in [0.2, 0.25) is 0 Å². The van der Waals surface area contributed by atoms with E-state index >= 15 is 0 Å². The molecule has 3 aliphatic heterocycles. The van der Waals surface area contributed by atoms with Crippen LogP contribution < -0.4 is 16.1 Å². The molecule has 2 saturated heterocycles. The van der Waals surface area contributed by atoms with Gasteiger partial charge in [-0.3, -0.25) is 33.8 Å². The van der Waals surface area contributed by atoms with Crippen molar-refractivity contribution in [3.63, 3.8) is 0 Å². The molecule has 2 bridgehead atoms. The molecule has 0 spiro atoms. The second-order valence-electron chi connectivity index (χ2n) is 16.4. The summed E-state index contributed by atoms with van der Waals surface area (Å²) < 4.78 is 6.05. The maximum atomic E-state index is 14.3. The molecule has 1 aromatic carbocycles. The number of phenolic OH excluding ortho intramolecular Hbond substituents is 1. The summed E-state index contributed by atoms with van der Waals surface area (Å²) in [5, 5.41) is 40.9. The molecule has 334 valence electrons. The van der Waals surface area contributed by atoms with E-state index in [1.54, 1.807) is 70.2 Å². The fourth-order valence-corrected chi connectivity index (χ4v) is 7.29. The Morgan fingerprint density at radius 1 is 1.00 bits per heavy atom. The van der Waals surface area contributed by atoms with E-state index in [1.165, 1.54) is 41.3 Å². The Morgan fingerprint density at radius 2 is 1.77 bits per heavy atom. The van der Waals surface area contributed by atoms with Crippen molar-refractivity contribution in [2.75, 3.05) is 19.7 Å². The van der Waals surface area contributed by atoms with Crippen LogP contribution in [0, 0.1) is 17.8 Å². The minimum Gasteiger partial charge on any atom is -0.508 e.